The summed E-state index contributed by atoms with van der Waals surface area (Å²) < 4.78 is 28.0. The minimum Gasteiger partial charge on any atom is -0.282 e. The zero-order valence-corrected chi connectivity index (χ0v) is 16.4. The molecule has 2 aromatic heterocycles. The van der Waals surface area contributed by atoms with Gasteiger partial charge in [-0.05, 0) is 50.1 Å². The Labute approximate surface area is 156 Å². The van der Waals surface area contributed by atoms with Crippen molar-refractivity contribution in [3.05, 3.63) is 57.1 Å². The van der Waals surface area contributed by atoms with Crippen LogP contribution in [0.2, 0.25) is 5.02 Å². The standard InChI is InChI=1S/C17H18ClN3O2S2/c1-10-11(2)20-21-17(10)15-8-16(12(3)24-15)25(22,23)19-9-13-4-6-14(18)7-5-13/h4-8,19H,9H2,1-3H3,(H,20,21). The molecule has 0 saturated heterocycles. The zero-order chi connectivity index (χ0) is 18.2. The highest BCUT2D eigenvalue weighted by atomic mass is 35.5. The second-order valence-electron chi connectivity index (χ2n) is 5.80. The third kappa shape index (κ3) is 3.79. The van der Waals surface area contributed by atoms with E-state index in [1.165, 1.54) is 11.3 Å². The van der Waals surface area contributed by atoms with Crippen LogP contribution in [0.15, 0.2) is 35.2 Å². The molecule has 3 rings (SSSR count). The molecule has 1 aromatic carbocycles. The van der Waals surface area contributed by atoms with Crippen LogP contribution >= 0.6 is 22.9 Å². The van der Waals surface area contributed by atoms with Crippen LogP contribution in [-0.2, 0) is 16.6 Å². The largest absolute Gasteiger partial charge is 0.282 e. The number of aryl methyl sites for hydroxylation is 2. The van der Waals surface area contributed by atoms with E-state index < -0.39 is 10.0 Å². The van der Waals surface area contributed by atoms with Crippen LogP contribution in [0.4, 0.5) is 0 Å². The van der Waals surface area contributed by atoms with E-state index in [0.717, 1.165) is 32.3 Å². The van der Waals surface area contributed by atoms with Gasteiger partial charge < -0.3 is 0 Å². The SMILES string of the molecule is Cc1[nH]nc(-c2cc(S(=O)(=O)NCc3ccc(Cl)cc3)c(C)s2)c1C. The number of benzene rings is 1. The van der Waals surface area contributed by atoms with Gasteiger partial charge >= 0.3 is 0 Å². The van der Waals surface area contributed by atoms with Gasteiger partial charge in [0.1, 0.15) is 5.69 Å². The summed E-state index contributed by atoms with van der Waals surface area (Å²) in [5.41, 5.74) is 3.65. The number of aromatic nitrogens is 2. The van der Waals surface area contributed by atoms with Crippen molar-refractivity contribution in [1.82, 2.24) is 14.9 Å². The zero-order valence-electron chi connectivity index (χ0n) is 14.1. The van der Waals surface area contributed by atoms with E-state index in [1.807, 2.05) is 13.8 Å². The number of hydrogen-bond acceptors (Lipinski definition) is 4. The number of hydrogen-bond donors (Lipinski definition) is 2. The first-order valence-corrected chi connectivity index (χ1v) is 10.3. The van der Waals surface area contributed by atoms with E-state index in [9.17, 15) is 8.42 Å². The molecule has 0 bridgehead atoms. The van der Waals surface area contributed by atoms with Crippen molar-refractivity contribution in [2.75, 3.05) is 0 Å². The Morgan fingerprint density at radius 2 is 1.88 bits per heavy atom. The lowest BCUT2D eigenvalue weighted by Gasteiger charge is -2.06. The van der Waals surface area contributed by atoms with Gasteiger partial charge in [0.25, 0.3) is 0 Å². The monoisotopic (exact) mass is 395 g/mol. The summed E-state index contributed by atoms with van der Waals surface area (Å²) in [7, 11) is -3.60. The van der Waals surface area contributed by atoms with Crippen LogP contribution in [0.1, 0.15) is 21.7 Å². The summed E-state index contributed by atoms with van der Waals surface area (Å²) in [5, 5.41) is 7.84. The summed E-state index contributed by atoms with van der Waals surface area (Å²) in [6, 6.07) is 8.76. The molecule has 25 heavy (non-hydrogen) atoms. The van der Waals surface area contributed by atoms with Crippen LogP contribution in [0, 0.1) is 20.8 Å². The average molecular weight is 396 g/mol. The Morgan fingerprint density at radius 3 is 2.48 bits per heavy atom. The van der Waals surface area contributed by atoms with Gasteiger partial charge in [-0.2, -0.15) is 5.10 Å². The first-order valence-electron chi connectivity index (χ1n) is 7.64. The summed E-state index contributed by atoms with van der Waals surface area (Å²) in [6.07, 6.45) is 0. The van der Waals surface area contributed by atoms with Gasteiger partial charge in [0.05, 0.1) is 9.77 Å². The van der Waals surface area contributed by atoms with Crippen LogP contribution in [0.3, 0.4) is 0 Å². The molecule has 8 heteroatoms. The molecule has 3 aromatic rings. The van der Waals surface area contributed by atoms with Crippen molar-refractivity contribution < 1.29 is 8.42 Å². The fourth-order valence-electron chi connectivity index (χ4n) is 2.43. The highest BCUT2D eigenvalue weighted by Gasteiger charge is 2.22. The highest BCUT2D eigenvalue weighted by molar-refractivity contribution is 7.89. The molecule has 0 atom stereocenters. The molecule has 0 aliphatic carbocycles. The molecule has 0 saturated carbocycles. The van der Waals surface area contributed by atoms with Gasteiger partial charge in [-0.1, -0.05) is 23.7 Å². The predicted molar refractivity (Wildman–Crippen MR) is 102 cm³/mol. The van der Waals surface area contributed by atoms with Crippen LogP contribution in [0.25, 0.3) is 10.6 Å². The topological polar surface area (TPSA) is 74.8 Å². The molecule has 0 unspecified atom stereocenters. The maximum Gasteiger partial charge on any atom is 0.241 e. The average Bonchev–Trinajstić information content (AvgIpc) is 3.11. The highest BCUT2D eigenvalue weighted by Crippen LogP contribution is 2.34. The number of halogens is 1. The number of thiophene rings is 1. The summed E-state index contributed by atoms with van der Waals surface area (Å²) in [6.45, 7) is 5.93. The molecule has 2 N–H and O–H groups in total. The van der Waals surface area contributed by atoms with Crippen LogP contribution in [0.5, 0.6) is 0 Å². The van der Waals surface area contributed by atoms with E-state index >= 15 is 0 Å². The Morgan fingerprint density at radius 1 is 1.20 bits per heavy atom. The first kappa shape index (κ1) is 18.1. The Balaban J connectivity index is 1.85. The van der Waals surface area contributed by atoms with Crippen molar-refractivity contribution in [2.24, 2.45) is 0 Å². The van der Waals surface area contributed by atoms with Crippen LogP contribution < -0.4 is 4.72 Å². The van der Waals surface area contributed by atoms with E-state index in [0.29, 0.717) is 9.92 Å². The van der Waals surface area contributed by atoms with Gasteiger partial charge in [-0.15, -0.1) is 11.3 Å². The fraction of sp³-hybridized carbons (Fsp3) is 0.235. The van der Waals surface area contributed by atoms with Crippen molar-refractivity contribution in [3.8, 4) is 10.6 Å². The number of sulfonamides is 1. The molecular weight excluding hydrogens is 378 g/mol. The van der Waals surface area contributed by atoms with Crippen molar-refractivity contribution >= 4 is 33.0 Å². The van der Waals surface area contributed by atoms with E-state index in [4.69, 9.17) is 11.6 Å². The Kier molecular flexibility index (Phi) is 5.02. The first-order chi connectivity index (χ1) is 11.8. The van der Waals surface area contributed by atoms with E-state index in [-0.39, 0.29) is 6.54 Å². The maximum atomic E-state index is 12.7. The number of nitrogens with zero attached hydrogens (tertiary/aromatic N) is 1. The minimum atomic E-state index is -3.60. The van der Waals surface area contributed by atoms with Gasteiger partial charge in [-0.3, -0.25) is 5.10 Å². The lowest BCUT2D eigenvalue weighted by molar-refractivity contribution is 0.581. The summed E-state index contributed by atoms with van der Waals surface area (Å²) in [4.78, 5) is 1.87. The molecule has 0 aliphatic rings. The lowest BCUT2D eigenvalue weighted by atomic mass is 10.2. The van der Waals surface area contributed by atoms with E-state index in [2.05, 4.69) is 14.9 Å². The molecule has 0 spiro atoms. The summed E-state index contributed by atoms with van der Waals surface area (Å²) >= 11 is 7.27. The van der Waals surface area contributed by atoms with Gasteiger partial charge in [0, 0.05) is 22.1 Å². The van der Waals surface area contributed by atoms with Crippen molar-refractivity contribution in [3.63, 3.8) is 0 Å². The van der Waals surface area contributed by atoms with Crippen molar-refractivity contribution in [2.45, 2.75) is 32.2 Å². The maximum absolute atomic E-state index is 12.7. The molecule has 2 heterocycles. The second-order valence-corrected chi connectivity index (χ2v) is 9.23. The van der Waals surface area contributed by atoms with Gasteiger partial charge in [0.2, 0.25) is 10.0 Å². The molecule has 0 radical (unpaired) electrons. The smallest absolute Gasteiger partial charge is 0.241 e. The van der Waals surface area contributed by atoms with Gasteiger partial charge in [-0.25, -0.2) is 13.1 Å². The number of H-pyrrole nitrogens is 1. The number of nitrogens with one attached hydrogen (secondary N) is 2. The number of rotatable bonds is 5. The van der Waals surface area contributed by atoms with Gasteiger partial charge in [0.15, 0.2) is 0 Å². The van der Waals surface area contributed by atoms with Crippen LogP contribution in [-0.4, -0.2) is 18.6 Å². The lowest BCUT2D eigenvalue weighted by Crippen LogP contribution is -2.23. The third-order valence-corrected chi connectivity index (χ3v) is 6.99. The predicted octanol–water partition coefficient (Wildman–Crippen LogP) is 4.20. The Hall–Kier alpha value is -1.67. The summed E-state index contributed by atoms with van der Waals surface area (Å²) in [5.74, 6) is 0. The normalized spacial score (nSPS) is 11.8. The third-order valence-electron chi connectivity index (χ3n) is 4.03. The molecular formula is C17H18ClN3O2S2. The molecule has 0 fully saturated rings. The molecule has 5 nitrogen and oxygen atoms in total. The Bertz CT molecular complexity index is 1010. The fourth-order valence-corrected chi connectivity index (χ4v) is 5.21. The minimum absolute atomic E-state index is 0.213. The van der Waals surface area contributed by atoms with E-state index in [1.54, 1.807) is 37.3 Å². The second kappa shape index (κ2) is 6.92. The molecule has 0 aliphatic heterocycles. The molecule has 0 amide bonds. The van der Waals surface area contributed by atoms with Crippen molar-refractivity contribution in [1.29, 1.82) is 0 Å². The quantitative estimate of drug-likeness (QED) is 0.679. The molecule has 132 valence electrons. The number of aromatic amines is 1.